The third-order valence-corrected chi connectivity index (χ3v) is 7.33. The number of aliphatic hydroxyl groups is 1. The minimum absolute atomic E-state index is 0.153. The summed E-state index contributed by atoms with van der Waals surface area (Å²) in [5.41, 5.74) is 0.855. The lowest BCUT2D eigenvalue weighted by atomic mass is 9.45. The number of rotatable bonds is 6. The number of carbonyl (C=O) groups is 2. The molecule has 0 aliphatic heterocycles. The number of nitrogens with zero attached hydrogens (tertiary/aromatic N) is 2. The van der Waals surface area contributed by atoms with Crippen molar-refractivity contribution in [3.8, 4) is 0 Å². The predicted octanol–water partition coefficient (Wildman–Crippen LogP) is 2.64. The smallest absolute Gasteiger partial charge is 0.271 e. The fourth-order valence-electron chi connectivity index (χ4n) is 5.24. The summed E-state index contributed by atoms with van der Waals surface area (Å²) in [5, 5.41) is 15.2. The van der Waals surface area contributed by atoms with Gasteiger partial charge in [-0.15, -0.1) is 0 Å². The van der Waals surface area contributed by atoms with Crippen LogP contribution in [0.2, 0.25) is 0 Å². The van der Waals surface area contributed by atoms with Gasteiger partial charge in [-0.25, -0.2) is 4.98 Å². The topological polar surface area (TPSA) is 95.7 Å². The number of hydrogen-bond donors (Lipinski definition) is 3. The third kappa shape index (κ3) is 3.60. The Labute approximate surface area is 177 Å². The fourth-order valence-corrected chi connectivity index (χ4v) is 5.24. The van der Waals surface area contributed by atoms with E-state index in [1.165, 1.54) is 19.3 Å². The second-order valence-corrected chi connectivity index (χ2v) is 10.2. The lowest BCUT2D eigenvalue weighted by molar-refractivity contribution is -0.103. The Balaban J connectivity index is 1.48. The van der Waals surface area contributed by atoms with Crippen LogP contribution in [0.5, 0.6) is 0 Å². The second kappa shape index (κ2) is 7.38. The van der Waals surface area contributed by atoms with Gasteiger partial charge in [0.25, 0.3) is 11.8 Å². The van der Waals surface area contributed by atoms with Crippen LogP contribution < -0.4 is 10.6 Å². The first-order valence-corrected chi connectivity index (χ1v) is 10.8. The van der Waals surface area contributed by atoms with Crippen LogP contribution in [0, 0.1) is 23.2 Å². The number of amides is 2. The fraction of sp³-hybridized carbons (Fsp3) is 0.609. The molecule has 0 radical (unpaired) electrons. The van der Waals surface area contributed by atoms with Crippen molar-refractivity contribution in [1.29, 1.82) is 0 Å². The third-order valence-electron chi connectivity index (χ3n) is 7.33. The second-order valence-electron chi connectivity index (χ2n) is 10.2. The van der Waals surface area contributed by atoms with E-state index in [1.807, 2.05) is 0 Å². The number of aliphatic hydroxyl groups excluding tert-OH is 1. The van der Waals surface area contributed by atoms with Crippen molar-refractivity contribution >= 4 is 17.5 Å². The van der Waals surface area contributed by atoms with E-state index in [9.17, 15) is 14.7 Å². The summed E-state index contributed by atoms with van der Waals surface area (Å²) < 4.78 is 1.65. The molecule has 2 aromatic heterocycles. The molecule has 3 aliphatic rings. The number of carbonyl (C=O) groups excluding carboxylic acids is 2. The molecule has 3 fully saturated rings. The molecule has 2 amide bonds. The summed E-state index contributed by atoms with van der Waals surface area (Å²) in [5.74, 6) is 1.52. The van der Waals surface area contributed by atoms with E-state index in [-0.39, 0.29) is 24.1 Å². The molecule has 7 heteroatoms. The minimum Gasteiger partial charge on any atom is -0.394 e. The van der Waals surface area contributed by atoms with Gasteiger partial charge in [-0.05, 0) is 68.4 Å². The summed E-state index contributed by atoms with van der Waals surface area (Å²) in [4.78, 5) is 29.8. The van der Waals surface area contributed by atoms with E-state index in [0.717, 1.165) is 5.92 Å². The van der Waals surface area contributed by atoms with Crippen molar-refractivity contribution in [1.82, 2.24) is 20.0 Å². The van der Waals surface area contributed by atoms with Crippen molar-refractivity contribution in [3.63, 3.8) is 0 Å². The van der Waals surface area contributed by atoms with Crippen molar-refractivity contribution in [2.75, 3.05) is 13.2 Å². The largest absolute Gasteiger partial charge is 0.394 e. The Morgan fingerprint density at radius 2 is 2.03 bits per heavy atom. The van der Waals surface area contributed by atoms with Crippen LogP contribution >= 0.6 is 0 Å². The summed E-state index contributed by atoms with van der Waals surface area (Å²) in [6, 6.07) is 5.29. The van der Waals surface area contributed by atoms with Crippen LogP contribution in [0.1, 0.15) is 67.9 Å². The van der Waals surface area contributed by atoms with Gasteiger partial charge in [0.15, 0.2) is 0 Å². The molecule has 3 atom stereocenters. The molecule has 7 nitrogen and oxygen atoms in total. The van der Waals surface area contributed by atoms with Crippen molar-refractivity contribution in [2.24, 2.45) is 23.2 Å². The lowest BCUT2D eigenvalue weighted by Gasteiger charge is -2.60. The zero-order valence-corrected chi connectivity index (χ0v) is 18.2. The van der Waals surface area contributed by atoms with E-state index >= 15 is 0 Å². The van der Waals surface area contributed by atoms with Gasteiger partial charge >= 0.3 is 0 Å². The van der Waals surface area contributed by atoms with Crippen LogP contribution in [0.25, 0.3) is 5.65 Å². The Kier molecular flexibility index (Phi) is 5.12. The van der Waals surface area contributed by atoms with Crippen LogP contribution in [0.15, 0.2) is 24.4 Å². The van der Waals surface area contributed by atoms with Crippen molar-refractivity contribution in [3.05, 3.63) is 35.8 Å². The molecule has 0 unspecified atom stereocenters. The Morgan fingerprint density at radius 1 is 1.27 bits per heavy atom. The van der Waals surface area contributed by atoms with E-state index < -0.39 is 5.54 Å². The number of hydrogen-bond acceptors (Lipinski definition) is 4. The molecular formula is C23H32N4O3. The minimum atomic E-state index is -0.749. The van der Waals surface area contributed by atoms with Gasteiger partial charge < -0.3 is 15.7 Å². The number of imidazole rings is 1. The summed E-state index contributed by atoms with van der Waals surface area (Å²) in [7, 11) is 0. The molecule has 0 saturated heterocycles. The lowest BCUT2D eigenvalue weighted by Crippen LogP contribution is -2.54. The molecule has 3 aliphatic carbocycles. The zero-order valence-electron chi connectivity index (χ0n) is 18.2. The highest BCUT2D eigenvalue weighted by Crippen LogP contribution is 2.61. The molecule has 0 spiro atoms. The monoisotopic (exact) mass is 412 g/mol. The SMILES string of the molecule is CC(C)(CO)NC(=O)c1cn2c(C(=O)NC[C@@H]3CC[C@H]4C[C@@H]3C4(C)C)cccc2n1. The van der Waals surface area contributed by atoms with Gasteiger partial charge in [-0.3, -0.25) is 14.0 Å². The summed E-state index contributed by atoms with van der Waals surface area (Å²) in [6.45, 7) is 8.68. The molecule has 162 valence electrons. The number of aromatic nitrogens is 2. The maximum Gasteiger partial charge on any atom is 0.271 e. The molecule has 2 aromatic rings. The van der Waals surface area contributed by atoms with Gasteiger partial charge in [0.2, 0.25) is 0 Å². The molecule has 2 heterocycles. The average Bonchev–Trinajstić information content (AvgIpc) is 3.16. The molecule has 30 heavy (non-hydrogen) atoms. The van der Waals surface area contributed by atoms with E-state index in [1.54, 1.807) is 42.6 Å². The quantitative estimate of drug-likeness (QED) is 0.680. The first-order valence-electron chi connectivity index (χ1n) is 10.8. The first-order chi connectivity index (χ1) is 14.1. The summed E-state index contributed by atoms with van der Waals surface area (Å²) in [6.07, 6.45) is 5.30. The van der Waals surface area contributed by atoms with Gasteiger partial charge in [-0.1, -0.05) is 19.9 Å². The van der Waals surface area contributed by atoms with Crippen LogP contribution in [0.3, 0.4) is 0 Å². The highest BCUT2D eigenvalue weighted by Gasteiger charge is 2.53. The maximum atomic E-state index is 12.9. The summed E-state index contributed by atoms with van der Waals surface area (Å²) >= 11 is 0. The maximum absolute atomic E-state index is 12.9. The van der Waals surface area contributed by atoms with Crippen LogP contribution in [-0.2, 0) is 0 Å². The predicted molar refractivity (Wildman–Crippen MR) is 114 cm³/mol. The molecule has 2 bridgehead atoms. The molecular weight excluding hydrogens is 380 g/mol. The Hall–Kier alpha value is -2.41. The normalized spacial score (nSPS) is 24.9. The molecule has 0 aromatic carbocycles. The zero-order chi connectivity index (χ0) is 21.7. The highest BCUT2D eigenvalue weighted by molar-refractivity contribution is 5.95. The number of pyridine rings is 1. The van der Waals surface area contributed by atoms with Crippen LogP contribution in [-0.4, -0.2) is 45.0 Å². The van der Waals surface area contributed by atoms with E-state index in [4.69, 9.17) is 0 Å². The molecule has 5 rings (SSSR count). The molecule has 3 saturated carbocycles. The van der Waals surface area contributed by atoms with Crippen molar-refractivity contribution in [2.45, 2.75) is 52.5 Å². The number of fused-ring (bicyclic) bond motifs is 3. The Morgan fingerprint density at radius 3 is 2.70 bits per heavy atom. The molecule has 3 N–H and O–H groups in total. The van der Waals surface area contributed by atoms with Gasteiger partial charge in [0, 0.05) is 12.7 Å². The van der Waals surface area contributed by atoms with E-state index in [0.29, 0.717) is 35.1 Å². The van der Waals surface area contributed by atoms with Gasteiger partial charge in [0.05, 0.1) is 12.1 Å². The van der Waals surface area contributed by atoms with Crippen LogP contribution in [0.4, 0.5) is 0 Å². The van der Waals surface area contributed by atoms with Crippen molar-refractivity contribution < 1.29 is 14.7 Å². The van der Waals surface area contributed by atoms with Gasteiger partial charge in [0.1, 0.15) is 17.0 Å². The first kappa shape index (κ1) is 20.8. The van der Waals surface area contributed by atoms with E-state index in [2.05, 4.69) is 29.5 Å². The number of nitrogens with one attached hydrogen (secondary N) is 2. The highest BCUT2D eigenvalue weighted by atomic mass is 16.3. The average molecular weight is 413 g/mol. The standard InChI is InChI=1S/C23H32N4O3/c1-22(2,13-28)26-20(29)17-12-27-18(6-5-7-19(27)25-17)21(30)24-11-14-8-9-15-10-16(14)23(15,3)4/h5-7,12,14-16,28H,8-11,13H2,1-4H3,(H,24,30)(H,26,29)/t14-,15-,16-/m0/s1. The Bertz CT molecular complexity index is 976. The van der Waals surface area contributed by atoms with Gasteiger partial charge in [-0.2, -0.15) is 0 Å².